The molecular formula is C20H20F3N3O2. The minimum absolute atomic E-state index is 0.0481. The molecule has 2 heterocycles. The summed E-state index contributed by atoms with van der Waals surface area (Å²) in [7, 11) is 0. The van der Waals surface area contributed by atoms with Crippen LogP contribution in [0.25, 0.3) is 0 Å². The average Bonchev–Trinajstić information content (AvgIpc) is 3.02. The molecule has 0 aliphatic carbocycles. The standard InChI is InChI=1S/C20H20F3N3O2/c1-13(15-5-7-24-8-6-15)25-19(28)16-10-18(27)26(12-16)11-14-3-2-4-17(9-14)20(21,22)23/h2-9,13,16H,10-12H2,1H3,(H,25,28)/t13-,16+/m1/s1. The van der Waals surface area contributed by atoms with Gasteiger partial charge in [-0.1, -0.05) is 12.1 Å². The third-order valence-electron chi connectivity index (χ3n) is 4.78. The molecule has 3 rings (SSSR count). The van der Waals surface area contributed by atoms with E-state index in [1.54, 1.807) is 30.6 Å². The number of nitrogens with one attached hydrogen (secondary N) is 1. The SMILES string of the molecule is C[C@@H](NC(=O)[C@H]1CC(=O)N(Cc2cccc(C(F)(F)F)c2)C1)c1ccncc1. The maximum atomic E-state index is 12.9. The summed E-state index contributed by atoms with van der Waals surface area (Å²) >= 11 is 0. The van der Waals surface area contributed by atoms with E-state index < -0.39 is 17.7 Å². The number of pyridine rings is 1. The highest BCUT2D eigenvalue weighted by atomic mass is 19.4. The average molecular weight is 391 g/mol. The Balaban J connectivity index is 1.61. The van der Waals surface area contributed by atoms with Crippen LogP contribution >= 0.6 is 0 Å². The molecule has 2 aromatic rings. The van der Waals surface area contributed by atoms with Crippen LogP contribution in [-0.2, 0) is 22.3 Å². The molecule has 0 unspecified atom stereocenters. The zero-order valence-corrected chi connectivity index (χ0v) is 15.2. The van der Waals surface area contributed by atoms with Gasteiger partial charge in [-0.05, 0) is 42.3 Å². The van der Waals surface area contributed by atoms with Crippen molar-refractivity contribution in [1.29, 1.82) is 0 Å². The van der Waals surface area contributed by atoms with Gasteiger partial charge in [-0.15, -0.1) is 0 Å². The van der Waals surface area contributed by atoms with Crippen molar-refractivity contribution >= 4 is 11.8 Å². The molecule has 0 spiro atoms. The molecule has 8 heteroatoms. The predicted molar refractivity (Wildman–Crippen MR) is 95.8 cm³/mol. The van der Waals surface area contributed by atoms with E-state index in [0.717, 1.165) is 17.7 Å². The van der Waals surface area contributed by atoms with Gasteiger partial charge in [-0.2, -0.15) is 13.2 Å². The number of amides is 2. The molecule has 0 bridgehead atoms. The van der Waals surface area contributed by atoms with Gasteiger partial charge in [0.2, 0.25) is 11.8 Å². The van der Waals surface area contributed by atoms with Crippen molar-refractivity contribution in [2.75, 3.05) is 6.54 Å². The first-order chi connectivity index (χ1) is 13.2. The van der Waals surface area contributed by atoms with Crippen molar-refractivity contribution in [2.45, 2.75) is 32.1 Å². The monoisotopic (exact) mass is 391 g/mol. The number of likely N-dealkylation sites (tertiary alicyclic amines) is 1. The van der Waals surface area contributed by atoms with Gasteiger partial charge in [0.1, 0.15) is 0 Å². The lowest BCUT2D eigenvalue weighted by molar-refractivity contribution is -0.137. The Morgan fingerprint density at radius 2 is 2.00 bits per heavy atom. The topological polar surface area (TPSA) is 62.3 Å². The lowest BCUT2D eigenvalue weighted by atomic mass is 10.1. The fourth-order valence-corrected chi connectivity index (χ4v) is 3.23. The van der Waals surface area contributed by atoms with Crippen molar-refractivity contribution in [2.24, 2.45) is 5.92 Å². The molecule has 148 valence electrons. The molecule has 1 aliphatic rings. The molecule has 2 amide bonds. The van der Waals surface area contributed by atoms with E-state index >= 15 is 0 Å². The maximum Gasteiger partial charge on any atom is 0.416 e. The Kier molecular flexibility index (Phi) is 5.67. The third kappa shape index (κ3) is 4.68. The molecule has 1 aliphatic heterocycles. The molecule has 1 fully saturated rings. The summed E-state index contributed by atoms with van der Waals surface area (Å²) in [5, 5.41) is 2.88. The van der Waals surface area contributed by atoms with Gasteiger partial charge in [-0.3, -0.25) is 14.6 Å². The van der Waals surface area contributed by atoms with Crippen molar-refractivity contribution < 1.29 is 22.8 Å². The number of halogens is 3. The van der Waals surface area contributed by atoms with Crippen LogP contribution < -0.4 is 5.32 Å². The molecule has 5 nitrogen and oxygen atoms in total. The van der Waals surface area contributed by atoms with Crippen molar-refractivity contribution in [3.05, 3.63) is 65.5 Å². The van der Waals surface area contributed by atoms with Gasteiger partial charge in [0, 0.05) is 31.9 Å². The van der Waals surface area contributed by atoms with Crippen molar-refractivity contribution in [3.8, 4) is 0 Å². The van der Waals surface area contributed by atoms with E-state index in [1.165, 1.54) is 11.0 Å². The van der Waals surface area contributed by atoms with Crippen LogP contribution in [0, 0.1) is 5.92 Å². The molecule has 1 saturated heterocycles. The molecule has 1 aromatic heterocycles. The zero-order valence-electron chi connectivity index (χ0n) is 15.2. The summed E-state index contributed by atoms with van der Waals surface area (Å²) in [6, 6.07) is 8.25. The number of carbonyl (C=O) groups excluding carboxylic acids is 2. The van der Waals surface area contributed by atoms with Crippen molar-refractivity contribution in [3.63, 3.8) is 0 Å². The van der Waals surface area contributed by atoms with Crippen LogP contribution in [0.4, 0.5) is 13.2 Å². The van der Waals surface area contributed by atoms with Gasteiger partial charge < -0.3 is 10.2 Å². The predicted octanol–water partition coefficient (Wildman–Crippen LogP) is 3.33. The number of nitrogens with zero attached hydrogens (tertiary/aromatic N) is 2. The van der Waals surface area contributed by atoms with Gasteiger partial charge >= 0.3 is 6.18 Å². The van der Waals surface area contributed by atoms with Crippen LogP contribution in [0.3, 0.4) is 0 Å². The third-order valence-corrected chi connectivity index (χ3v) is 4.78. The minimum Gasteiger partial charge on any atom is -0.349 e. The quantitative estimate of drug-likeness (QED) is 0.851. The number of carbonyl (C=O) groups is 2. The number of hydrogen-bond donors (Lipinski definition) is 1. The largest absolute Gasteiger partial charge is 0.416 e. The van der Waals surface area contributed by atoms with Crippen LogP contribution in [0.15, 0.2) is 48.8 Å². The number of rotatable bonds is 5. The van der Waals surface area contributed by atoms with Gasteiger partial charge in [0.05, 0.1) is 17.5 Å². The summed E-state index contributed by atoms with van der Waals surface area (Å²) < 4.78 is 38.6. The van der Waals surface area contributed by atoms with Crippen molar-refractivity contribution in [1.82, 2.24) is 15.2 Å². The van der Waals surface area contributed by atoms with Gasteiger partial charge in [0.25, 0.3) is 0 Å². The highest BCUT2D eigenvalue weighted by Gasteiger charge is 2.35. The molecule has 0 radical (unpaired) electrons. The second-order valence-electron chi connectivity index (χ2n) is 6.88. The number of hydrogen-bond acceptors (Lipinski definition) is 3. The highest BCUT2D eigenvalue weighted by molar-refractivity contribution is 5.89. The Labute approximate surface area is 160 Å². The number of benzene rings is 1. The Bertz CT molecular complexity index is 855. The smallest absolute Gasteiger partial charge is 0.349 e. The summed E-state index contributed by atoms with van der Waals surface area (Å²) in [6.07, 6.45) is -1.12. The fraction of sp³-hybridized carbons (Fsp3) is 0.350. The second kappa shape index (κ2) is 8.00. The van der Waals surface area contributed by atoms with E-state index in [0.29, 0.717) is 5.56 Å². The Morgan fingerprint density at radius 1 is 1.29 bits per heavy atom. The number of alkyl halides is 3. The molecular weight excluding hydrogens is 371 g/mol. The molecule has 1 aromatic carbocycles. The van der Waals surface area contributed by atoms with E-state index in [1.807, 2.05) is 6.92 Å². The summed E-state index contributed by atoms with van der Waals surface area (Å²) in [5.41, 5.74) is 0.528. The molecule has 1 N–H and O–H groups in total. The molecule has 0 saturated carbocycles. The van der Waals surface area contributed by atoms with E-state index in [9.17, 15) is 22.8 Å². The van der Waals surface area contributed by atoms with Crippen LogP contribution in [0.2, 0.25) is 0 Å². The molecule has 28 heavy (non-hydrogen) atoms. The van der Waals surface area contributed by atoms with E-state index in [4.69, 9.17) is 0 Å². The summed E-state index contributed by atoms with van der Waals surface area (Å²) in [6.45, 7) is 2.07. The first-order valence-corrected chi connectivity index (χ1v) is 8.88. The lowest BCUT2D eigenvalue weighted by Gasteiger charge is -2.19. The minimum atomic E-state index is -4.43. The Morgan fingerprint density at radius 3 is 2.68 bits per heavy atom. The summed E-state index contributed by atoms with van der Waals surface area (Å²) in [5.74, 6) is -1.01. The maximum absolute atomic E-state index is 12.9. The second-order valence-corrected chi connectivity index (χ2v) is 6.88. The normalized spacial score (nSPS) is 18.2. The van der Waals surface area contributed by atoms with Crippen LogP contribution in [0.1, 0.15) is 36.1 Å². The van der Waals surface area contributed by atoms with Gasteiger partial charge in [-0.25, -0.2) is 0 Å². The first-order valence-electron chi connectivity index (χ1n) is 8.88. The lowest BCUT2D eigenvalue weighted by Crippen LogP contribution is -2.34. The van der Waals surface area contributed by atoms with E-state index in [-0.39, 0.29) is 37.4 Å². The Hall–Kier alpha value is -2.90. The number of aromatic nitrogens is 1. The van der Waals surface area contributed by atoms with Crippen LogP contribution in [0.5, 0.6) is 0 Å². The zero-order chi connectivity index (χ0) is 20.3. The highest BCUT2D eigenvalue weighted by Crippen LogP contribution is 2.30. The van der Waals surface area contributed by atoms with Crippen LogP contribution in [-0.4, -0.2) is 28.2 Å². The summed E-state index contributed by atoms with van der Waals surface area (Å²) in [4.78, 5) is 30.1. The first kappa shape index (κ1) is 19.9. The van der Waals surface area contributed by atoms with E-state index in [2.05, 4.69) is 10.3 Å². The molecule has 2 atom stereocenters. The van der Waals surface area contributed by atoms with Gasteiger partial charge in [0.15, 0.2) is 0 Å². The fourth-order valence-electron chi connectivity index (χ4n) is 3.23.